The maximum Gasteiger partial charge on any atom is 0.320 e. The molecule has 0 spiro atoms. The van der Waals surface area contributed by atoms with Crippen LogP contribution in [0.5, 0.6) is 0 Å². The molecule has 1 amide bonds. The Morgan fingerprint density at radius 3 is 2.46 bits per heavy atom. The molecular formula is C17H22N8O3. The van der Waals surface area contributed by atoms with E-state index in [-0.39, 0.29) is 11.4 Å². The van der Waals surface area contributed by atoms with E-state index in [1.165, 1.54) is 10.9 Å². The van der Waals surface area contributed by atoms with E-state index in [4.69, 9.17) is 0 Å². The zero-order chi connectivity index (χ0) is 20.6. The minimum atomic E-state index is -0.643. The molecule has 0 saturated heterocycles. The molecule has 0 unspecified atom stereocenters. The van der Waals surface area contributed by atoms with Crippen molar-refractivity contribution in [3.05, 3.63) is 50.8 Å². The molecule has 148 valence electrons. The molecule has 0 fully saturated rings. The summed E-state index contributed by atoms with van der Waals surface area (Å²) in [7, 11) is 0. The minimum Gasteiger partial charge on any atom is -0.317 e. The van der Waals surface area contributed by atoms with Crippen LogP contribution < -0.4 is 5.32 Å². The monoisotopic (exact) mass is 386 g/mol. The van der Waals surface area contributed by atoms with Crippen molar-refractivity contribution in [2.45, 2.75) is 47.8 Å². The predicted molar refractivity (Wildman–Crippen MR) is 101 cm³/mol. The molecule has 1 N–H and O–H groups in total. The summed E-state index contributed by atoms with van der Waals surface area (Å²) < 4.78 is 4.90. The van der Waals surface area contributed by atoms with Gasteiger partial charge in [-0.25, -0.2) is 9.36 Å². The zero-order valence-corrected chi connectivity index (χ0v) is 16.4. The number of nitrogens with zero attached hydrogens (tertiary/aromatic N) is 7. The Bertz CT molecular complexity index is 1060. The molecule has 11 nitrogen and oxygen atoms in total. The molecule has 0 aromatic carbocycles. The van der Waals surface area contributed by atoms with Crippen LogP contribution in [0.2, 0.25) is 0 Å². The smallest absolute Gasteiger partial charge is 0.317 e. The van der Waals surface area contributed by atoms with E-state index in [1.807, 2.05) is 31.5 Å². The molecule has 0 aliphatic rings. The van der Waals surface area contributed by atoms with E-state index < -0.39 is 10.8 Å². The van der Waals surface area contributed by atoms with E-state index in [0.717, 1.165) is 17.1 Å². The Hall–Kier alpha value is -3.50. The Labute approximate surface area is 161 Å². The minimum absolute atomic E-state index is 0.225. The van der Waals surface area contributed by atoms with Gasteiger partial charge in [-0.1, -0.05) is 0 Å². The van der Waals surface area contributed by atoms with E-state index in [9.17, 15) is 14.9 Å². The first-order valence-electron chi connectivity index (χ1n) is 8.79. The van der Waals surface area contributed by atoms with Gasteiger partial charge in [-0.15, -0.1) is 0 Å². The first-order chi connectivity index (χ1) is 13.2. The molecule has 3 aromatic rings. The lowest BCUT2D eigenvalue weighted by Crippen LogP contribution is -2.17. The highest BCUT2D eigenvalue weighted by Crippen LogP contribution is 2.23. The summed E-state index contributed by atoms with van der Waals surface area (Å²) in [5.74, 6) is -0.643. The first kappa shape index (κ1) is 19.3. The Morgan fingerprint density at radius 1 is 1.18 bits per heavy atom. The van der Waals surface area contributed by atoms with Crippen molar-refractivity contribution in [1.82, 2.24) is 29.3 Å². The van der Waals surface area contributed by atoms with Crippen molar-refractivity contribution < 1.29 is 9.72 Å². The van der Waals surface area contributed by atoms with Gasteiger partial charge in [0.15, 0.2) is 0 Å². The van der Waals surface area contributed by atoms with Gasteiger partial charge >= 0.3 is 5.69 Å². The highest BCUT2D eigenvalue weighted by atomic mass is 16.6. The van der Waals surface area contributed by atoms with Gasteiger partial charge in [0.05, 0.1) is 27.7 Å². The van der Waals surface area contributed by atoms with Gasteiger partial charge in [-0.3, -0.25) is 19.6 Å². The molecule has 28 heavy (non-hydrogen) atoms. The van der Waals surface area contributed by atoms with Gasteiger partial charge < -0.3 is 5.32 Å². The number of aromatic nitrogens is 6. The molecule has 3 aromatic heterocycles. The third-order valence-corrected chi connectivity index (χ3v) is 4.47. The second-order valence-electron chi connectivity index (χ2n) is 6.54. The number of amides is 1. The largest absolute Gasteiger partial charge is 0.320 e. The van der Waals surface area contributed by atoms with Gasteiger partial charge in [0.2, 0.25) is 5.69 Å². The number of hydrogen-bond acceptors (Lipinski definition) is 6. The van der Waals surface area contributed by atoms with Gasteiger partial charge in [0, 0.05) is 12.2 Å². The topological polar surface area (TPSA) is 126 Å². The molecule has 3 heterocycles. The van der Waals surface area contributed by atoms with Crippen LogP contribution in [0.3, 0.4) is 0 Å². The number of nitrogens with one attached hydrogen (secondary N) is 1. The van der Waals surface area contributed by atoms with Crippen LogP contribution in [-0.2, 0) is 13.2 Å². The molecule has 0 saturated carbocycles. The Kier molecular flexibility index (Phi) is 4.99. The van der Waals surface area contributed by atoms with Crippen molar-refractivity contribution in [2.24, 2.45) is 0 Å². The number of hydrogen-bond donors (Lipinski definition) is 1. The maximum atomic E-state index is 12.7. The fourth-order valence-corrected chi connectivity index (χ4v) is 3.00. The lowest BCUT2D eigenvalue weighted by atomic mass is 10.3. The van der Waals surface area contributed by atoms with Crippen molar-refractivity contribution >= 4 is 17.3 Å². The molecular weight excluding hydrogens is 364 g/mol. The summed E-state index contributed by atoms with van der Waals surface area (Å²) in [6.07, 6.45) is 1.25. The lowest BCUT2D eigenvalue weighted by molar-refractivity contribution is -0.385. The molecule has 0 atom stereocenters. The van der Waals surface area contributed by atoms with Gasteiger partial charge in [-0.2, -0.15) is 15.3 Å². The highest BCUT2D eigenvalue weighted by molar-refractivity contribution is 6.06. The number of aryl methyl sites for hydroxylation is 4. The standard InChI is InChI=1S/C17H22N8O3/c1-6-22-8-14(25(27)28)16(21-22)17(26)18-15-12(4)20-24(13(15)5)9-23-11(3)7-10(2)19-23/h7-8H,6,9H2,1-5H3,(H,18,26). The van der Waals surface area contributed by atoms with Crippen molar-refractivity contribution in [1.29, 1.82) is 0 Å². The summed E-state index contributed by atoms with van der Waals surface area (Å²) in [4.78, 5) is 23.3. The number of anilines is 1. The van der Waals surface area contributed by atoms with Crippen LogP contribution in [0.15, 0.2) is 12.3 Å². The van der Waals surface area contributed by atoms with Crippen LogP contribution in [0.4, 0.5) is 11.4 Å². The second-order valence-corrected chi connectivity index (χ2v) is 6.54. The average Bonchev–Trinajstić information content (AvgIpc) is 3.27. The third kappa shape index (κ3) is 3.50. The zero-order valence-electron chi connectivity index (χ0n) is 16.4. The van der Waals surface area contributed by atoms with E-state index in [0.29, 0.717) is 24.6 Å². The van der Waals surface area contributed by atoms with E-state index in [1.54, 1.807) is 18.5 Å². The SMILES string of the molecule is CCn1cc([N+](=O)[O-])c(C(=O)Nc2c(C)nn(Cn3nc(C)cc3C)c2C)n1. The van der Waals surface area contributed by atoms with Crippen LogP contribution in [-0.4, -0.2) is 40.2 Å². The van der Waals surface area contributed by atoms with Crippen molar-refractivity contribution in [3.63, 3.8) is 0 Å². The summed E-state index contributed by atoms with van der Waals surface area (Å²) in [6.45, 7) is 10.1. The molecule has 3 rings (SSSR count). The molecule has 0 radical (unpaired) electrons. The van der Waals surface area contributed by atoms with Crippen LogP contribution in [0.25, 0.3) is 0 Å². The number of carbonyl (C=O) groups is 1. The summed E-state index contributed by atoms with van der Waals surface area (Å²) in [6, 6.07) is 1.97. The van der Waals surface area contributed by atoms with Crippen LogP contribution >= 0.6 is 0 Å². The van der Waals surface area contributed by atoms with Gasteiger partial charge in [0.25, 0.3) is 5.91 Å². The Balaban J connectivity index is 1.88. The van der Waals surface area contributed by atoms with Crippen molar-refractivity contribution in [2.75, 3.05) is 5.32 Å². The maximum absolute atomic E-state index is 12.7. The molecule has 11 heteroatoms. The average molecular weight is 386 g/mol. The van der Waals surface area contributed by atoms with Crippen LogP contribution in [0, 0.1) is 37.8 Å². The predicted octanol–water partition coefficient (Wildman–Crippen LogP) is 2.20. The summed E-state index contributed by atoms with van der Waals surface area (Å²) >= 11 is 0. The first-order valence-corrected chi connectivity index (χ1v) is 8.79. The number of rotatable bonds is 6. The Morgan fingerprint density at radius 2 is 1.89 bits per heavy atom. The highest BCUT2D eigenvalue weighted by Gasteiger charge is 2.27. The number of nitro groups is 1. The van der Waals surface area contributed by atoms with E-state index >= 15 is 0 Å². The van der Waals surface area contributed by atoms with E-state index in [2.05, 4.69) is 20.6 Å². The lowest BCUT2D eigenvalue weighted by Gasteiger charge is -2.08. The normalized spacial score (nSPS) is 11.0. The summed E-state index contributed by atoms with van der Waals surface area (Å²) in [5, 5.41) is 26.8. The fraction of sp³-hybridized carbons (Fsp3) is 0.412. The van der Waals surface area contributed by atoms with Crippen LogP contribution in [0.1, 0.15) is 40.2 Å². The fourth-order valence-electron chi connectivity index (χ4n) is 3.00. The second kappa shape index (κ2) is 7.25. The van der Waals surface area contributed by atoms with Crippen molar-refractivity contribution in [3.8, 4) is 0 Å². The van der Waals surface area contributed by atoms with Gasteiger partial charge in [-0.05, 0) is 40.7 Å². The third-order valence-electron chi connectivity index (χ3n) is 4.47. The molecule has 0 aliphatic heterocycles. The molecule has 0 bridgehead atoms. The molecule has 0 aliphatic carbocycles. The van der Waals surface area contributed by atoms with Gasteiger partial charge in [0.1, 0.15) is 12.9 Å². The number of carbonyl (C=O) groups excluding carboxylic acids is 1. The quantitative estimate of drug-likeness (QED) is 0.511. The summed E-state index contributed by atoms with van der Waals surface area (Å²) in [5.41, 5.74) is 3.18.